The zero-order chi connectivity index (χ0) is 17.5. The molecule has 0 N–H and O–H groups in total. The van der Waals surface area contributed by atoms with Gasteiger partial charge in [0.15, 0.2) is 6.61 Å². The highest BCUT2D eigenvalue weighted by molar-refractivity contribution is 6.15. The maximum atomic E-state index is 12.7. The fourth-order valence-corrected chi connectivity index (χ4v) is 3.19. The van der Waals surface area contributed by atoms with Gasteiger partial charge in [-0.05, 0) is 12.1 Å². The molecule has 0 spiro atoms. The number of nitrogens with zero attached hydrogens (tertiary/aromatic N) is 2. The molecule has 0 radical (unpaired) electrons. The average Bonchev–Trinajstić information content (AvgIpc) is 2.96. The van der Waals surface area contributed by atoms with Crippen molar-refractivity contribution in [3.63, 3.8) is 0 Å². The highest BCUT2D eigenvalue weighted by Crippen LogP contribution is 2.44. The van der Waals surface area contributed by atoms with E-state index >= 15 is 0 Å². The van der Waals surface area contributed by atoms with Crippen molar-refractivity contribution in [2.24, 2.45) is 0 Å². The highest BCUT2D eigenvalue weighted by atomic mass is 16.6. The summed E-state index contributed by atoms with van der Waals surface area (Å²) in [5.74, 6) is -2.21. The van der Waals surface area contributed by atoms with Crippen LogP contribution in [0.2, 0.25) is 0 Å². The standard InChI is InChI=1S/C16H16N2O6/c1-17-14(21)10-5-3-4-6-11(10)18-12(19)7-8-16(17,18)15(22)24-9-13(20)23-2/h3-6H,7-9H2,1-2H3/t16-/m1/s1. The zero-order valence-electron chi connectivity index (χ0n) is 13.3. The zero-order valence-corrected chi connectivity index (χ0v) is 13.3. The number of benzene rings is 1. The molecule has 3 rings (SSSR count). The van der Waals surface area contributed by atoms with Crippen LogP contribution < -0.4 is 4.90 Å². The molecule has 1 aromatic rings. The molecule has 2 amide bonds. The van der Waals surface area contributed by atoms with Crippen LogP contribution in [0.4, 0.5) is 5.69 Å². The van der Waals surface area contributed by atoms with Crippen molar-refractivity contribution in [1.29, 1.82) is 0 Å². The Balaban J connectivity index is 2.05. The molecular weight excluding hydrogens is 316 g/mol. The topological polar surface area (TPSA) is 93.2 Å². The molecule has 1 aromatic carbocycles. The van der Waals surface area contributed by atoms with Gasteiger partial charge >= 0.3 is 11.9 Å². The number of methoxy groups -OCH3 is 1. The molecule has 0 unspecified atom stereocenters. The van der Waals surface area contributed by atoms with Gasteiger partial charge in [0.1, 0.15) is 0 Å². The molecule has 0 saturated carbocycles. The number of amides is 2. The first-order valence-corrected chi connectivity index (χ1v) is 7.37. The SMILES string of the molecule is COC(=O)COC(=O)[C@@]12CCC(=O)N1c1ccccc1C(=O)N2C. The van der Waals surface area contributed by atoms with Crippen molar-refractivity contribution in [1.82, 2.24) is 4.90 Å². The minimum absolute atomic E-state index is 0.0965. The molecule has 0 aromatic heterocycles. The molecule has 1 fully saturated rings. The summed E-state index contributed by atoms with van der Waals surface area (Å²) in [5.41, 5.74) is -0.860. The lowest BCUT2D eigenvalue weighted by molar-refractivity contribution is -0.164. The van der Waals surface area contributed by atoms with Gasteiger partial charge in [-0.2, -0.15) is 0 Å². The third-order valence-corrected chi connectivity index (χ3v) is 4.42. The van der Waals surface area contributed by atoms with E-state index in [2.05, 4.69) is 4.74 Å². The van der Waals surface area contributed by atoms with Gasteiger partial charge in [-0.3, -0.25) is 14.5 Å². The monoisotopic (exact) mass is 332 g/mol. The highest BCUT2D eigenvalue weighted by Gasteiger charge is 2.60. The van der Waals surface area contributed by atoms with Gasteiger partial charge in [-0.1, -0.05) is 12.1 Å². The summed E-state index contributed by atoms with van der Waals surface area (Å²) in [5, 5.41) is 0. The first-order valence-electron chi connectivity index (χ1n) is 7.37. The number of carbonyl (C=O) groups excluding carboxylic acids is 4. The van der Waals surface area contributed by atoms with Crippen molar-refractivity contribution in [3.05, 3.63) is 29.8 Å². The maximum Gasteiger partial charge on any atom is 0.354 e. The van der Waals surface area contributed by atoms with E-state index in [4.69, 9.17) is 4.74 Å². The normalized spacial score (nSPS) is 22.1. The molecule has 24 heavy (non-hydrogen) atoms. The number of anilines is 1. The van der Waals surface area contributed by atoms with E-state index in [-0.39, 0.29) is 24.7 Å². The smallest absolute Gasteiger partial charge is 0.354 e. The summed E-state index contributed by atoms with van der Waals surface area (Å²) in [7, 11) is 2.62. The quantitative estimate of drug-likeness (QED) is 0.740. The molecule has 2 aliphatic heterocycles. The average molecular weight is 332 g/mol. The molecule has 2 aliphatic rings. The van der Waals surface area contributed by atoms with Crippen molar-refractivity contribution in [2.45, 2.75) is 18.5 Å². The number of rotatable bonds is 3. The summed E-state index contributed by atoms with van der Waals surface area (Å²) in [6.07, 6.45) is 0.196. The van der Waals surface area contributed by atoms with Crippen LogP contribution in [-0.2, 0) is 23.9 Å². The van der Waals surface area contributed by atoms with Crippen molar-refractivity contribution in [3.8, 4) is 0 Å². The Morgan fingerprint density at radius 1 is 1.25 bits per heavy atom. The molecule has 8 nitrogen and oxygen atoms in total. The number of fused-ring (bicyclic) bond motifs is 3. The van der Waals surface area contributed by atoms with Gasteiger partial charge in [0.25, 0.3) is 5.91 Å². The van der Waals surface area contributed by atoms with E-state index < -0.39 is 24.2 Å². The largest absolute Gasteiger partial charge is 0.466 e. The van der Waals surface area contributed by atoms with Gasteiger partial charge < -0.3 is 14.4 Å². The number of carbonyl (C=O) groups is 4. The lowest BCUT2D eigenvalue weighted by Gasteiger charge is -2.46. The molecule has 1 saturated heterocycles. The second-order valence-electron chi connectivity index (χ2n) is 5.58. The Hall–Kier alpha value is -2.90. The molecule has 8 heteroatoms. The second-order valence-corrected chi connectivity index (χ2v) is 5.58. The van der Waals surface area contributed by atoms with Gasteiger partial charge in [-0.15, -0.1) is 0 Å². The van der Waals surface area contributed by atoms with Crippen LogP contribution in [0.15, 0.2) is 24.3 Å². The van der Waals surface area contributed by atoms with Crippen molar-refractivity contribution >= 4 is 29.4 Å². The maximum absolute atomic E-state index is 12.7. The fraction of sp³-hybridized carbons (Fsp3) is 0.375. The van der Waals surface area contributed by atoms with E-state index in [0.29, 0.717) is 11.3 Å². The van der Waals surface area contributed by atoms with E-state index in [9.17, 15) is 19.2 Å². The Labute approximate surface area is 137 Å². The number of esters is 2. The van der Waals surface area contributed by atoms with E-state index in [1.807, 2.05) is 0 Å². The van der Waals surface area contributed by atoms with E-state index in [1.54, 1.807) is 24.3 Å². The van der Waals surface area contributed by atoms with E-state index in [0.717, 1.165) is 0 Å². The number of para-hydroxylation sites is 1. The lowest BCUT2D eigenvalue weighted by atomic mass is 9.97. The molecule has 2 heterocycles. The molecular formula is C16H16N2O6. The summed E-state index contributed by atoms with van der Waals surface area (Å²) in [6, 6.07) is 6.59. The van der Waals surface area contributed by atoms with Crippen LogP contribution in [0.5, 0.6) is 0 Å². The van der Waals surface area contributed by atoms with Crippen LogP contribution in [0.1, 0.15) is 23.2 Å². The van der Waals surface area contributed by atoms with Gasteiger partial charge in [0.05, 0.1) is 18.4 Å². The first-order chi connectivity index (χ1) is 11.4. The summed E-state index contributed by atoms with van der Waals surface area (Å²) in [4.78, 5) is 51.5. The predicted molar refractivity (Wildman–Crippen MR) is 81.0 cm³/mol. The minimum Gasteiger partial charge on any atom is -0.466 e. The minimum atomic E-state index is -1.57. The number of likely N-dealkylation sites (N-methyl/N-ethyl adjacent to an activating group) is 1. The summed E-state index contributed by atoms with van der Waals surface area (Å²) >= 11 is 0. The summed E-state index contributed by atoms with van der Waals surface area (Å²) < 4.78 is 9.46. The molecule has 0 aliphatic carbocycles. The summed E-state index contributed by atoms with van der Waals surface area (Å²) in [6.45, 7) is -0.581. The molecule has 126 valence electrons. The second kappa shape index (κ2) is 5.63. The van der Waals surface area contributed by atoms with Crippen molar-refractivity contribution in [2.75, 3.05) is 25.7 Å². The van der Waals surface area contributed by atoms with Crippen LogP contribution >= 0.6 is 0 Å². The van der Waals surface area contributed by atoms with Crippen molar-refractivity contribution < 1.29 is 28.7 Å². The fourth-order valence-electron chi connectivity index (χ4n) is 3.19. The van der Waals surface area contributed by atoms with E-state index in [1.165, 1.54) is 24.0 Å². The van der Waals surface area contributed by atoms with Crippen LogP contribution in [0, 0.1) is 0 Å². The number of ether oxygens (including phenoxy) is 2. The van der Waals surface area contributed by atoms with Gasteiger partial charge in [0.2, 0.25) is 11.6 Å². The third kappa shape index (κ3) is 2.06. The molecule has 0 bridgehead atoms. The first kappa shape index (κ1) is 16.0. The number of hydrogen-bond acceptors (Lipinski definition) is 6. The van der Waals surface area contributed by atoms with Gasteiger partial charge in [-0.25, -0.2) is 9.59 Å². The van der Waals surface area contributed by atoms with Gasteiger partial charge in [0, 0.05) is 19.9 Å². The molecule has 1 atom stereocenters. The third-order valence-electron chi connectivity index (χ3n) is 4.42. The Bertz CT molecular complexity index is 746. The number of hydrogen-bond donors (Lipinski definition) is 0. The van der Waals surface area contributed by atoms with Crippen LogP contribution in [0.25, 0.3) is 0 Å². The Morgan fingerprint density at radius 2 is 1.96 bits per heavy atom. The Morgan fingerprint density at radius 3 is 2.67 bits per heavy atom. The lowest BCUT2D eigenvalue weighted by Crippen LogP contribution is -2.67. The van der Waals surface area contributed by atoms with Crippen LogP contribution in [0.3, 0.4) is 0 Å². The van der Waals surface area contributed by atoms with Crippen LogP contribution in [-0.4, -0.2) is 55.1 Å². The predicted octanol–water partition coefficient (Wildman–Crippen LogP) is 0.311. The Kier molecular flexibility index (Phi) is 3.75.